The second kappa shape index (κ2) is 6.22. The Morgan fingerprint density at radius 1 is 1.27 bits per heavy atom. The first-order chi connectivity index (χ1) is 12.5. The number of nitrogens with zero attached hydrogens (tertiary/aromatic N) is 1. The van der Waals surface area contributed by atoms with Crippen molar-refractivity contribution in [2.45, 2.75) is 13.8 Å². The second-order valence-electron chi connectivity index (χ2n) is 6.34. The Labute approximate surface area is 157 Å². The molecule has 0 radical (unpaired) electrons. The molecule has 3 aromatic rings. The quantitative estimate of drug-likeness (QED) is 0.659. The van der Waals surface area contributed by atoms with Crippen LogP contribution in [0.3, 0.4) is 0 Å². The van der Waals surface area contributed by atoms with Crippen LogP contribution in [0, 0.1) is 6.92 Å². The van der Waals surface area contributed by atoms with Crippen LogP contribution in [-0.4, -0.2) is 24.5 Å². The van der Waals surface area contributed by atoms with Crippen molar-refractivity contribution in [2.24, 2.45) is 0 Å². The number of amides is 1. The molecule has 1 N–H and O–H groups in total. The number of para-hydroxylation sites is 1. The Morgan fingerprint density at radius 2 is 2.04 bits per heavy atom. The van der Waals surface area contributed by atoms with Gasteiger partial charge in [-0.05, 0) is 43.7 Å². The van der Waals surface area contributed by atoms with E-state index < -0.39 is 0 Å². The first kappa shape index (κ1) is 16.7. The molecule has 5 heteroatoms. The molecule has 0 saturated heterocycles. The number of halogens is 1. The number of aromatic nitrogens is 1. The highest BCUT2D eigenvalue weighted by atomic mass is 35.5. The molecular weight excluding hydrogens is 348 g/mol. The molecule has 2 aromatic carbocycles. The lowest BCUT2D eigenvalue weighted by molar-refractivity contribution is -0.112. The molecule has 0 saturated carbocycles. The number of aryl methyl sites for hydroxylation is 1. The predicted octanol–water partition coefficient (Wildman–Crippen LogP) is 5.05. The molecule has 4 rings (SSSR count). The maximum Gasteiger partial charge on any atom is 0.258 e. The third kappa shape index (κ3) is 2.41. The number of benzene rings is 2. The van der Waals surface area contributed by atoms with E-state index in [1.54, 1.807) is 12.0 Å². The summed E-state index contributed by atoms with van der Waals surface area (Å²) in [6.07, 6.45) is 1.88. The number of carbonyl (C=O) groups is 1. The van der Waals surface area contributed by atoms with Crippen LogP contribution in [-0.2, 0) is 4.79 Å². The molecule has 132 valence electrons. The van der Waals surface area contributed by atoms with Gasteiger partial charge in [0.15, 0.2) is 0 Å². The molecule has 0 fully saturated rings. The standard InChI is InChI=1S/C21H19ClN2O2/c1-4-24-18-8-6-5-7-13(18)16(21(24)25)10-15-14-11-19(26-3)12(2)9-17(14)23-20(15)22/h5-11,23H,4H2,1-3H3/b16-10+. The van der Waals surface area contributed by atoms with E-state index in [4.69, 9.17) is 16.3 Å². The van der Waals surface area contributed by atoms with E-state index in [0.717, 1.165) is 39.0 Å². The van der Waals surface area contributed by atoms with Gasteiger partial charge in [0.05, 0.1) is 12.8 Å². The van der Waals surface area contributed by atoms with Gasteiger partial charge in [0, 0.05) is 34.1 Å². The van der Waals surface area contributed by atoms with E-state index >= 15 is 0 Å². The number of likely N-dealkylation sites (N-methyl/N-ethyl adjacent to an activating group) is 1. The van der Waals surface area contributed by atoms with Crippen LogP contribution in [0.4, 0.5) is 5.69 Å². The second-order valence-corrected chi connectivity index (χ2v) is 6.72. The zero-order chi connectivity index (χ0) is 18.4. The number of ether oxygens (including phenoxy) is 1. The number of aromatic amines is 1. The summed E-state index contributed by atoms with van der Waals surface area (Å²) in [5.74, 6) is 0.791. The molecule has 1 aromatic heterocycles. The SMILES string of the molecule is CCN1C(=O)/C(=C/c2c(Cl)[nH]c3cc(C)c(OC)cc23)c2ccccc21. The van der Waals surface area contributed by atoms with E-state index in [9.17, 15) is 4.79 Å². The van der Waals surface area contributed by atoms with E-state index in [0.29, 0.717) is 17.3 Å². The van der Waals surface area contributed by atoms with E-state index in [1.807, 2.05) is 56.3 Å². The number of methoxy groups -OCH3 is 1. The molecule has 2 heterocycles. The number of carbonyl (C=O) groups excluding carboxylic acids is 1. The monoisotopic (exact) mass is 366 g/mol. The average Bonchev–Trinajstić information content (AvgIpc) is 3.08. The molecule has 0 unspecified atom stereocenters. The van der Waals surface area contributed by atoms with Crippen molar-refractivity contribution >= 4 is 45.7 Å². The molecule has 1 aliphatic heterocycles. The van der Waals surface area contributed by atoms with Crippen molar-refractivity contribution in [3.63, 3.8) is 0 Å². The minimum absolute atomic E-state index is 0.00167. The zero-order valence-corrected chi connectivity index (χ0v) is 15.6. The van der Waals surface area contributed by atoms with Crippen molar-refractivity contribution < 1.29 is 9.53 Å². The normalized spacial score (nSPS) is 15.2. The summed E-state index contributed by atoms with van der Waals surface area (Å²) in [5, 5.41) is 1.45. The van der Waals surface area contributed by atoms with E-state index in [-0.39, 0.29) is 5.91 Å². The highest BCUT2D eigenvalue weighted by molar-refractivity contribution is 6.38. The van der Waals surface area contributed by atoms with Crippen LogP contribution < -0.4 is 9.64 Å². The van der Waals surface area contributed by atoms with Gasteiger partial charge in [0.2, 0.25) is 0 Å². The Hall–Kier alpha value is -2.72. The zero-order valence-electron chi connectivity index (χ0n) is 14.9. The summed E-state index contributed by atoms with van der Waals surface area (Å²) in [7, 11) is 1.65. The van der Waals surface area contributed by atoms with Gasteiger partial charge in [-0.2, -0.15) is 0 Å². The minimum atomic E-state index is -0.00167. The van der Waals surface area contributed by atoms with Gasteiger partial charge >= 0.3 is 0 Å². The summed E-state index contributed by atoms with van der Waals surface area (Å²) >= 11 is 6.47. The number of fused-ring (bicyclic) bond motifs is 2. The third-order valence-corrected chi connectivity index (χ3v) is 5.17. The Morgan fingerprint density at radius 3 is 2.77 bits per heavy atom. The predicted molar refractivity (Wildman–Crippen MR) is 107 cm³/mol. The number of anilines is 1. The first-order valence-corrected chi connectivity index (χ1v) is 8.91. The van der Waals surface area contributed by atoms with Crippen molar-refractivity contribution in [3.8, 4) is 5.75 Å². The van der Waals surface area contributed by atoms with Crippen LogP contribution in [0.15, 0.2) is 36.4 Å². The largest absolute Gasteiger partial charge is 0.496 e. The van der Waals surface area contributed by atoms with Gasteiger partial charge in [-0.3, -0.25) is 4.79 Å². The third-order valence-electron chi connectivity index (χ3n) is 4.87. The smallest absolute Gasteiger partial charge is 0.258 e. The number of rotatable bonds is 3. The average molecular weight is 367 g/mol. The van der Waals surface area contributed by atoms with Crippen molar-refractivity contribution in [1.29, 1.82) is 0 Å². The van der Waals surface area contributed by atoms with Crippen LogP contribution in [0.1, 0.15) is 23.6 Å². The van der Waals surface area contributed by atoms with Crippen molar-refractivity contribution in [2.75, 3.05) is 18.6 Å². The summed E-state index contributed by atoms with van der Waals surface area (Å²) in [6.45, 7) is 4.59. The van der Waals surface area contributed by atoms with Crippen molar-refractivity contribution in [3.05, 3.63) is 58.2 Å². The highest BCUT2D eigenvalue weighted by Gasteiger charge is 2.31. The summed E-state index contributed by atoms with van der Waals surface area (Å²) < 4.78 is 5.45. The van der Waals surface area contributed by atoms with E-state index in [1.165, 1.54) is 0 Å². The lowest BCUT2D eigenvalue weighted by Gasteiger charge is -2.13. The molecule has 0 bridgehead atoms. The minimum Gasteiger partial charge on any atom is -0.496 e. The van der Waals surface area contributed by atoms with Gasteiger partial charge in [-0.25, -0.2) is 0 Å². The molecule has 0 aliphatic carbocycles. The van der Waals surface area contributed by atoms with Crippen LogP contribution in [0.5, 0.6) is 5.75 Å². The molecule has 26 heavy (non-hydrogen) atoms. The summed E-state index contributed by atoms with van der Waals surface area (Å²) in [5.41, 5.74) is 5.28. The Balaban J connectivity index is 1.94. The van der Waals surface area contributed by atoms with Gasteiger partial charge < -0.3 is 14.6 Å². The topological polar surface area (TPSA) is 45.3 Å². The van der Waals surface area contributed by atoms with Gasteiger partial charge in [-0.1, -0.05) is 29.8 Å². The Bertz CT molecular complexity index is 1070. The van der Waals surface area contributed by atoms with Gasteiger partial charge in [0.25, 0.3) is 5.91 Å². The van der Waals surface area contributed by atoms with Crippen LogP contribution in [0.25, 0.3) is 22.6 Å². The Kier molecular flexibility index (Phi) is 4.00. The van der Waals surface area contributed by atoms with Crippen LogP contribution in [0.2, 0.25) is 5.15 Å². The molecule has 0 spiro atoms. The molecule has 1 amide bonds. The molecular formula is C21H19ClN2O2. The molecule has 1 aliphatic rings. The van der Waals surface area contributed by atoms with Gasteiger partial charge in [-0.15, -0.1) is 0 Å². The van der Waals surface area contributed by atoms with Crippen molar-refractivity contribution in [1.82, 2.24) is 4.98 Å². The van der Waals surface area contributed by atoms with Crippen LogP contribution >= 0.6 is 11.6 Å². The summed E-state index contributed by atoms with van der Waals surface area (Å²) in [4.78, 5) is 17.9. The maximum atomic E-state index is 12.9. The summed E-state index contributed by atoms with van der Waals surface area (Å²) in [6, 6.07) is 11.8. The number of nitrogens with one attached hydrogen (secondary N) is 1. The van der Waals surface area contributed by atoms with Gasteiger partial charge in [0.1, 0.15) is 10.9 Å². The fraction of sp³-hybridized carbons (Fsp3) is 0.190. The number of hydrogen-bond donors (Lipinski definition) is 1. The first-order valence-electron chi connectivity index (χ1n) is 8.54. The number of H-pyrrole nitrogens is 1. The number of hydrogen-bond acceptors (Lipinski definition) is 2. The maximum absolute atomic E-state index is 12.9. The lowest BCUT2D eigenvalue weighted by Crippen LogP contribution is -2.25. The van der Waals surface area contributed by atoms with E-state index in [2.05, 4.69) is 4.98 Å². The fourth-order valence-corrected chi connectivity index (χ4v) is 3.84. The molecule has 0 atom stereocenters. The molecule has 4 nitrogen and oxygen atoms in total. The highest BCUT2D eigenvalue weighted by Crippen LogP contribution is 2.40. The lowest BCUT2D eigenvalue weighted by atomic mass is 10.0. The fourth-order valence-electron chi connectivity index (χ4n) is 3.58.